The van der Waals surface area contributed by atoms with Crippen LogP contribution >= 0.6 is 0 Å². The maximum absolute atomic E-state index is 5.67. The molecule has 16 heavy (non-hydrogen) atoms. The van der Waals surface area contributed by atoms with E-state index in [0.29, 0.717) is 11.2 Å². The molecule has 0 amide bonds. The van der Waals surface area contributed by atoms with Crippen LogP contribution < -0.4 is 10.6 Å². The van der Waals surface area contributed by atoms with Crippen molar-refractivity contribution in [3.05, 3.63) is 12.4 Å². The SMILES string of the molecule is CCC1(C)CCN(c2cc(N)ncn2)CC1. The van der Waals surface area contributed by atoms with E-state index in [1.165, 1.54) is 25.6 Å². The molecular formula is C12H20N4. The van der Waals surface area contributed by atoms with E-state index in [9.17, 15) is 0 Å². The summed E-state index contributed by atoms with van der Waals surface area (Å²) in [5.74, 6) is 1.51. The van der Waals surface area contributed by atoms with Crippen molar-refractivity contribution in [3.8, 4) is 0 Å². The smallest absolute Gasteiger partial charge is 0.134 e. The molecule has 1 aliphatic rings. The summed E-state index contributed by atoms with van der Waals surface area (Å²) in [6.45, 7) is 6.79. The molecule has 0 saturated carbocycles. The van der Waals surface area contributed by atoms with E-state index < -0.39 is 0 Å². The lowest BCUT2D eigenvalue weighted by Crippen LogP contribution is -2.38. The minimum Gasteiger partial charge on any atom is -0.384 e. The van der Waals surface area contributed by atoms with Gasteiger partial charge in [0.2, 0.25) is 0 Å². The average Bonchev–Trinajstić information content (AvgIpc) is 2.30. The van der Waals surface area contributed by atoms with Crippen molar-refractivity contribution in [1.82, 2.24) is 9.97 Å². The van der Waals surface area contributed by atoms with Crippen LogP contribution in [0.4, 0.5) is 11.6 Å². The van der Waals surface area contributed by atoms with Crippen molar-refractivity contribution in [2.75, 3.05) is 23.7 Å². The van der Waals surface area contributed by atoms with Crippen LogP contribution in [0, 0.1) is 5.41 Å². The van der Waals surface area contributed by atoms with Crippen LogP contribution in [0.3, 0.4) is 0 Å². The van der Waals surface area contributed by atoms with E-state index in [1.807, 2.05) is 6.07 Å². The number of nitrogens with zero attached hydrogens (tertiary/aromatic N) is 3. The second-order valence-corrected chi connectivity index (χ2v) is 4.95. The molecule has 0 radical (unpaired) electrons. The van der Waals surface area contributed by atoms with Gasteiger partial charge >= 0.3 is 0 Å². The highest BCUT2D eigenvalue weighted by atomic mass is 15.2. The Morgan fingerprint density at radius 3 is 2.62 bits per heavy atom. The van der Waals surface area contributed by atoms with Gasteiger partial charge in [0.15, 0.2) is 0 Å². The molecule has 0 aromatic carbocycles. The number of hydrogen-bond donors (Lipinski definition) is 1. The summed E-state index contributed by atoms with van der Waals surface area (Å²) < 4.78 is 0. The standard InChI is InChI=1S/C12H20N4/c1-3-12(2)4-6-16(7-5-12)11-8-10(13)14-9-15-11/h8-9H,3-7H2,1-2H3,(H2,13,14,15). The van der Waals surface area contributed by atoms with Gasteiger partial charge in [-0.05, 0) is 18.3 Å². The highest BCUT2D eigenvalue weighted by Gasteiger charge is 2.28. The number of aromatic nitrogens is 2. The van der Waals surface area contributed by atoms with E-state index in [2.05, 4.69) is 28.7 Å². The van der Waals surface area contributed by atoms with Crippen LogP contribution in [0.25, 0.3) is 0 Å². The fourth-order valence-corrected chi connectivity index (χ4v) is 2.16. The molecule has 0 atom stereocenters. The van der Waals surface area contributed by atoms with Gasteiger partial charge in [0.05, 0.1) is 0 Å². The lowest BCUT2D eigenvalue weighted by atomic mass is 9.78. The molecule has 0 aliphatic carbocycles. The van der Waals surface area contributed by atoms with Crippen molar-refractivity contribution in [2.45, 2.75) is 33.1 Å². The van der Waals surface area contributed by atoms with Gasteiger partial charge in [-0.15, -0.1) is 0 Å². The molecule has 1 aliphatic heterocycles. The first kappa shape index (κ1) is 11.2. The first-order chi connectivity index (χ1) is 7.63. The van der Waals surface area contributed by atoms with Crippen LogP contribution in [0.15, 0.2) is 12.4 Å². The normalized spacial score (nSPS) is 19.8. The maximum atomic E-state index is 5.67. The molecule has 1 aromatic rings. The molecule has 0 unspecified atom stereocenters. The van der Waals surface area contributed by atoms with Crippen LogP contribution in [0.1, 0.15) is 33.1 Å². The Morgan fingerprint density at radius 2 is 2.06 bits per heavy atom. The topological polar surface area (TPSA) is 55.0 Å². The highest BCUT2D eigenvalue weighted by molar-refractivity contribution is 5.46. The summed E-state index contributed by atoms with van der Waals surface area (Å²) in [6.07, 6.45) is 5.26. The summed E-state index contributed by atoms with van der Waals surface area (Å²) in [6, 6.07) is 1.86. The zero-order chi connectivity index (χ0) is 11.6. The maximum Gasteiger partial charge on any atom is 0.134 e. The Balaban J connectivity index is 2.04. The molecule has 2 rings (SSSR count). The van der Waals surface area contributed by atoms with E-state index in [-0.39, 0.29) is 0 Å². The lowest BCUT2D eigenvalue weighted by Gasteiger charge is -2.39. The third-order valence-electron chi connectivity index (χ3n) is 3.82. The molecule has 1 saturated heterocycles. The molecule has 1 aromatic heterocycles. The van der Waals surface area contributed by atoms with Gasteiger partial charge in [-0.25, -0.2) is 9.97 Å². The molecule has 4 heteroatoms. The minimum absolute atomic E-state index is 0.509. The number of anilines is 2. The fraction of sp³-hybridized carbons (Fsp3) is 0.667. The molecule has 2 heterocycles. The Labute approximate surface area is 96.9 Å². The Hall–Kier alpha value is -1.32. The van der Waals surface area contributed by atoms with Crippen LogP contribution in [0.2, 0.25) is 0 Å². The Bertz CT molecular complexity index is 356. The quantitative estimate of drug-likeness (QED) is 0.829. The van der Waals surface area contributed by atoms with Crippen molar-refractivity contribution < 1.29 is 0 Å². The molecule has 88 valence electrons. The summed E-state index contributed by atoms with van der Waals surface area (Å²) in [5, 5.41) is 0. The predicted octanol–water partition coefficient (Wildman–Crippen LogP) is 2.08. The van der Waals surface area contributed by atoms with E-state index in [4.69, 9.17) is 5.73 Å². The monoisotopic (exact) mass is 220 g/mol. The highest BCUT2D eigenvalue weighted by Crippen LogP contribution is 2.35. The molecule has 0 bridgehead atoms. The second-order valence-electron chi connectivity index (χ2n) is 4.95. The second kappa shape index (κ2) is 4.28. The van der Waals surface area contributed by atoms with Crippen LogP contribution in [-0.2, 0) is 0 Å². The predicted molar refractivity (Wildman–Crippen MR) is 66.3 cm³/mol. The number of nitrogens with two attached hydrogens (primary N) is 1. The van der Waals surface area contributed by atoms with E-state index in [1.54, 1.807) is 0 Å². The Morgan fingerprint density at radius 1 is 1.38 bits per heavy atom. The van der Waals surface area contributed by atoms with Gasteiger partial charge in [0.1, 0.15) is 18.0 Å². The lowest BCUT2D eigenvalue weighted by molar-refractivity contribution is 0.238. The van der Waals surface area contributed by atoms with Gasteiger partial charge in [-0.1, -0.05) is 20.3 Å². The summed E-state index contributed by atoms with van der Waals surface area (Å²) >= 11 is 0. The molecule has 4 nitrogen and oxygen atoms in total. The molecule has 2 N–H and O–H groups in total. The van der Waals surface area contributed by atoms with Crippen LogP contribution in [0.5, 0.6) is 0 Å². The number of hydrogen-bond acceptors (Lipinski definition) is 4. The zero-order valence-corrected chi connectivity index (χ0v) is 10.1. The van der Waals surface area contributed by atoms with Crippen molar-refractivity contribution in [3.63, 3.8) is 0 Å². The molecule has 1 fully saturated rings. The van der Waals surface area contributed by atoms with Gasteiger partial charge in [0.25, 0.3) is 0 Å². The summed E-state index contributed by atoms with van der Waals surface area (Å²) in [4.78, 5) is 10.5. The minimum atomic E-state index is 0.509. The molecule has 0 spiro atoms. The van der Waals surface area contributed by atoms with Crippen molar-refractivity contribution >= 4 is 11.6 Å². The van der Waals surface area contributed by atoms with E-state index >= 15 is 0 Å². The number of piperidine rings is 1. The third kappa shape index (κ3) is 2.26. The van der Waals surface area contributed by atoms with Gasteiger partial charge in [0, 0.05) is 19.2 Å². The van der Waals surface area contributed by atoms with Gasteiger partial charge < -0.3 is 10.6 Å². The van der Waals surface area contributed by atoms with Gasteiger partial charge in [-0.3, -0.25) is 0 Å². The fourth-order valence-electron chi connectivity index (χ4n) is 2.16. The Kier molecular flexibility index (Phi) is 2.99. The summed E-state index contributed by atoms with van der Waals surface area (Å²) in [5.41, 5.74) is 6.18. The first-order valence-electron chi connectivity index (χ1n) is 5.95. The largest absolute Gasteiger partial charge is 0.384 e. The van der Waals surface area contributed by atoms with Crippen molar-refractivity contribution in [1.29, 1.82) is 0 Å². The third-order valence-corrected chi connectivity index (χ3v) is 3.82. The van der Waals surface area contributed by atoms with Crippen molar-refractivity contribution in [2.24, 2.45) is 5.41 Å². The zero-order valence-electron chi connectivity index (χ0n) is 10.1. The first-order valence-corrected chi connectivity index (χ1v) is 5.95. The van der Waals surface area contributed by atoms with Crippen LogP contribution in [-0.4, -0.2) is 23.1 Å². The number of nitrogen functional groups attached to an aromatic ring is 1. The molecular weight excluding hydrogens is 200 g/mol. The summed E-state index contributed by atoms with van der Waals surface area (Å²) in [7, 11) is 0. The average molecular weight is 220 g/mol. The number of rotatable bonds is 2. The van der Waals surface area contributed by atoms with Gasteiger partial charge in [-0.2, -0.15) is 0 Å². The van der Waals surface area contributed by atoms with E-state index in [0.717, 1.165) is 18.9 Å².